The summed E-state index contributed by atoms with van der Waals surface area (Å²) in [6.07, 6.45) is -8.69. The quantitative estimate of drug-likeness (QED) is 0.635. The molecular formula is C17H11F6N3O. The molecule has 27 heavy (non-hydrogen) atoms. The van der Waals surface area contributed by atoms with Crippen LogP contribution in [0.25, 0.3) is 11.3 Å². The predicted octanol–water partition coefficient (Wildman–Crippen LogP) is 5.09. The largest absolute Gasteiger partial charge is 0.489 e. The molecule has 142 valence electrons. The lowest BCUT2D eigenvalue weighted by molar-refractivity contribution is -0.162. The van der Waals surface area contributed by atoms with Gasteiger partial charge in [0.05, 0.1) is 11.1 Å². The Morgan fingerprint density at radius 2 is 1.63 bits per heavy atom. The fourth-order valence-corrected chi connectivity index (χ4v) is 2.42. The van der Waals surface area contributed by atoms with Crippen LogP contribution in [0, 0.1) is 0 Å². The lowest BCUT2D eigenvalue weighted by Gasteiger charge is -2.17. The van der Waals surface area contributed by atoms with Crippen LogP contribution >= 0.6 is 0 Å². The van der Waals surface area contributed by atoms with Gasteiger partial charge >= 0.3 is 12.4 Å². The van der Waals surface area contributed by atoms with Gasteiger partial charge in [0.1, 0.15) is 18.1 Å². The number of hydrogen-bond donors (Lipinski definition) is 1. The fraction of sp³-hybridized carbons (Fsp3) is 0.176. The van der Waals surface area contributed by atoms with Gasteiger partial charge in [-0.25, -0.2) is 0 Å². The fourth-order valence-electron chi connectivity index (χ4n) is 2.42. The van der Waals surface area contributed by atoms with Crippen molar-refractivity contribution in [1.29, 1.82) is 0 Å². The monoisotopic (exact) mass is 387 g/mol. The Bertz CT molecular complexity index is 919. The third kappa shape index (κ3) is 4.39. The Balaban J connectivity index is 1.82. The zero-order valence-corrected chi connectivity index (χ0v) is 13.4. The van der Waals surface area contributed by atoms with Crippen LogP contribution in [0.1, 0.15) is 16.7 Å². The smallest absolute Gasteiger partial charge is 0.417 e. The second-order valence-corrected chi connectivity index (χ2v) is 5.55. The highest BCUT2D eigenvalue weighted by atomic mass is 19.4. The number of aromatic amines is 1. The number of alkyl halides is 6. The normalized spacial score (nSPS) is 12.2. The highest BCUT2D eigenvalue weighted by molar-refractivity contribution is 5.59. The summed E-state index contributed by atoms with van der Waals surface area (Å²) in [6.45, 7) is -0.330. The molecule has 3 aromatic rings. The minimum absolute atomic E-state index is 0.0397. The summed E-state index contributed by atoms with van der Waals surface area (Å²) in [5.41, 5.74) is -2.32. The van der Waals surface area contributed by atoms with E-state index in [4.69, 9.17) is 4.74 Å². The van der Waals surface area contributed by atoms with Gasteiger partial charge in [0.2, 0.25) is 0 Å². The van der Waals surface area contributed by atoms with Gasteiger partial charge in [-0.15, -0.1) is 5.10 Å². The maximum Gasteiger partial charge on any atom is 0.417 e. The van der Waals surface area contributed by atoms with E-state index >= 15 is 0 Å². The van der Waals surface area contributed by atoms with E-state index in [1.54, 1.807) is 30.5 Å². The average Bonchev–Trinajstić information content (AvgIpc) is 3.13. The van der Waals surface area contributed by atoms with Crippen molar-refractivity contribution < 1.29 is 31.1 Å². The molecule has 0 radical (unpaired) electrons. The van der Waals surface area contributed by atoms with Gasteiger partial charge in [0.25, 0.3) is 0 Å². The van der Waals surface area contributed by atoms with Gasteiger partial charge in [-0.3, -0.25) is 5.10 Å². The average molecular weight is 387 g/mol. The molecule has 10 heteroatoms. The van der Waals surface area contributed by atoms with Gasteiger partial charge < -0.3 is 4.74 Å². The lowest BCUT2D eigenvalue weighted by atomic mass is 10.0. The van der Waals surface area contributed by atoms with E-state index in [2.05, 4.69) is 15.4 Å². The van der Waals surface area contributed by atoms with Crippen LogP contribution in [-0.4, -0.2) is 15.4 Å². The molecule has 2 aromatic carbocycles. The molecule has 3 rings (SSSR count). The van der Waals surface area contributed by atoms with Gasteiger partial charge in [0.15, 0.2) is 0 Å². The van der Waals surface area contributed by atoms with E-state index in [9.17, 15) is 26.3 Å². The lowest BCUT2D eigenvalue weighted by Crippen LogP contribution is -2.17. The van der Waals surface area contributed by atoms with Crippen molar-refractivity contribution >= 4 is 0 Å². The molecule has 1 aromatic heterocycles. The number of hydrogen-bond acceptors (Lipinski definition) is 3. The predicted molar refractivity (Wildman–Crippen MR) is 82.6 cm³/mol. The first-order valence-corrected chi connectivity index (χ1v) is 7.51. The molecule has 0 aliphatic heterocycles. The van der Waals surface area contributed by atoms with Crippen LogP contribution in [0.3, 0.4) is 0 Å². The van der Waals surface area contributed by atoms with Gasteiger partial charge in [-0.2, -0.15) is 26.3 Å². The number of halogens is 6. The van der Waals surface area contributed by atoms with Crippen molar-refractivity contribution in [2.75, 3.05) is 0 Å². The molecule has 0 unspecified atom stereocenters. The number of nitrogens with zero attached hydrogens (tertiary/aromatic N) is 2. The Morgan fingerprint density at radius 3 is 2.26 bits per heavy atom. The molecule has 1 heterocycles. The molecule has 1 N–H and O–H groups in total. The number of H-pyrrole nitrogens is 1. The number of nitrogens with one attached hydrogen (secondary N) is 1. The number of benzene rings is 2. The van der Waals surface area contributed by atoms with Gasteiger partial charge in [-0.1, -0.05) is 23.4 Å². The Morgan fingerprint density at radius 1 is 0.889 bits per heavy atom. The van der Waals surface area contributed by atoms with Crippen molar-refractivity contribution in [2.45, 2.75) is 19.0 Å². The molecule has 0 saturated carbocycles. The molecule has 0 aliphatic rings. The summed E-state index contributed by atoms with van der Waals surface area (Å²) in [7, 11) is 0. The summed E-state index contributed by atoms with van der Waals surface area (Å²) >= 11 is 0. The van der Waals surface area contributed by atoms with Gasteiger partial charge in [-0.05, 0) is 29.8 Å². The van der Waals surface area contributed by atoms with E-state index < -0.39 is 23.5 Å². The Hall–Kier alpha value is -3.04. The second-order valence-electron chi connectivity index (χ2n) is 5.55. The number of aromatic nitrogens is 3. The van der Waals surface area contributed by atoms with E-state index in [0.29, 0.717) is 29.1 Å². The maximum atomic E-state index is 13.0. The molecule has 4 nitrogen and oxygen atoms in total. The minimum Gasteiger partial charge on any atom is -0.489 e. The first-order valence-electron chi connectivity index (χ1n) is 7.51. The van der Waals surface area contributed by atoms with E-state index in [1.807, 2.05) is 0 Å². The Labute approximate surface area is 148 Å². The summed E-state index contributed by atoms with van der Waals surface area (Å²) in [5.74, 6) is 0.323. The van der Waals surface area contributed by atoms with Crippen molar-refractivity contribution in [3.63, 3.8) is 0 Å². The first kappa shape index (κ1) is 18.7. The summed E-state index contributed by atoms with van der Waals surface area (Å²) in [6, 6.07) is 8.35. The van der Waals surface area contributed by atoms with E-state index in [0.717, 1.165) is 6.07 Å². The summed E-state index contributed by atoms with van der Waals surface area (Å²) < 4.78 is 82.7. The highest BCUT2D eigenvalue weighted by Crippen LogP contribution is 2.40. The molecular weight excluding hydrogens is 376 g/mol. The van der Waals surface area contributed by atoms with E-state index in [-0.39, 0.29) is 12.2 Å². The third-order valence-electron chi connectivity index (χ3n) is 3.65. The van der Waals surface area contributed by atoms with E-state index in [1.165, 1.54) is 0 Å². The zero-order chi connectivity index (χ0) is 19.7. The van der Waals surface area contributed by atoms with Crippen LogP contribution in [0.4, 0.5) is 26.3 Å². The third-order valence-corrected chi connectivity index (χ3v) is 3.65. The number of ether oxygens (including phenoxy) is 1. The molecule has 0 amide bonds. The van der Waals surface area contributed by atoms with Crippen molar-refractivity contribution in [3.05, 3.63) is 65.4 Å². The summed E-state index contributed by atoms with van der Waals surface area (Å²) in [4.78, 5) is 0. The topological polar surface area (TPSA) is 50.8 Å². The molecule has 0 aliphatic carbocycles. The van der Waals surface area contributed by atoms with Crippen molar-refractivity contribution in [1.82, 2.24) is 15.4 Å². The van der Waals surface area contributed by atoms with Crippen LogP contribution < -0.4 is 4.74 Å². The molecule has 0 atom stereocenters. The van der Waals surface area contributed by atoms with Crippen LogP contribution in [0.15, 0.2) is 48.7 Å². The zero-order valence-electron chi connectivity index (χ0n) is 13.4. The van der Waals surface area contributed by atoms with Crippen LogP contribution in [0.2, 0.25) is 0 Å². The molecule has 0 spiro atoms. The SMILES string of the molecule is FC(F)(F)c1ccc(COc2cccc(-c3c[nH]nn3)c2)cc1C(F)(F)F. The van der Waals surface area contributed by atoms with Crippen molar-refractivity contribution in [2.24, 2.45) is 0 Å². The summed E-state index contributed by atoms with van der Waals surface area (Å²) in [5, 5.41) is 9.94. The second kappa shape index (κ2) is 6.93. The maximum absolute atomic E-state index is 13.0. The highest BCUT2D eigenvalue weighted by Gasteiger charge is 2.43. The molecule has 0 saturated heterocycles. The molecule has 0 bridgehead atoms. The van der Waals surface area contributed by atoms with Crippen molar-refractivity contribution in [3.8, 4) is 17.0 Å². The van der Waals surface area contributed by atoms with Crippen LogP contribution in [0.5, 0.6) is 5.75 Å². The molecule has 0 fully saturated rings. The standard InChI is InChI=1S/C17H11F6N3O/c18-16(19,20)13-5-4-10(6-14(13)17(21,22)23)9-27-12-3-1-2-11(7-12)15-8-24-26-25-15/h1-8H,9H2,(H,24,25,26). The first-order chi connectivity index (χ1) is 12.6. The minimum atomic E-state index is -5.13. The number of rotatable bonds is 4. The van der Waals surface area contributed by atoms with Gasteiger partial charge in [0, 0.05) is 11.8 Å². The van der Waals surface area contributed by atoms with Crippen LogP contribution in [-0.2, 0) is 19.0 Å². The Kier molecular flexibility index (Phi) is 4.81.